The van der Waals surface area contributed by atoms with Crippen LogP contribution in [0.15, 0.2) is 28.7 Å². The minimum Gasteiger partial charge on any atom is -0.480 e. The van der Waals surface area contributed by atoms with E-state index in [4.69, 9.17) is 5.11 Å². The van der Waals surface area contributed by atoms with E-state index in [2.05, 4.69) is 21.2 Å². The maximum Gasteiger partial charge on any atom is 0.323 e. The number of nitrogens with zero attached hydrogens (tertiary/aromatic N) is 1. The van der Waals surface area contributed by atoms with Crippen molar-refractivity contribution in [3.8, 4) is 0 Å². The third-order valence-corrected chi connectivity index (χ3v) is 3.23. The van der Waals surface area contributed by atoms with Crippen LogP contribution < -0.4 is 5.32 Å². The van der Waals surface area contributed by atoms with Crippen LogP contribution in [0.25, 0.3) is 0 Å². The van der Waals surface area contributed by atoms with Gasteiger partial charge in [-0.2, -0.15) is 0 Å². The summed E-state index contributed by atoms with van der Waals surface area (Å²) in [6.45, 7) is 3.66. The van der Waals surface area contributed by atoms with E-state index in [0.717, 1.165) is 10.0 Å². The standard InChI is InChI=1S/C13H17BrN2O3/c1-3-16(8-12(17)18)13(19)15-9(2)10-4-6-11(14)7-5-10/h4-7,9H,3,8H2,1-2H3,(H,15,19)(H,17,18). The van der Waals surface area contributed by atoms with E-state index in [1.165, 1.54) is 4.90 Å². The van der Waals surface area contributed by atoms with Crippen molar-refractivity contribution in [1.82, 2.24) is 10.2 Å². The molecule has 5 nitrogen and oxygen atoms in total. The number of rotatable bonds is 5. The monoisotopic (exact) mass is 328 g/mol. The molecule has 2 N–H and O–H groups in total. The Kier molecular flexibility index (Phi) is 5.82. The number of carbonyl (C=O) groups excluding carboxylic acids is 1. The minimum atomic E-state index is -1.02. The first kappa shape index (κ1) is 15.5. The Morgan fingerprint density at radius 2 is 1.95 bits per heavy atom. The van der Waals surface area contributed by atoms with Crippen LogP contribution in [-0.2, 0) is 4.79 Å². The van der Waals surface area contributed by atoms with E-state index in [1.807, 2.05) is 31.2 Å². The molecule has 19 heavy (non-hydrogen) atoms. The van der Waals surface area contributed by atoms with E-state index >= 15 is 0 Å². The van der Waals surface area contributed by atoms with Gasteiger partial charge in [0.15, 0.2) is 0 Å². The summed E-state index contributed by atoms with van der Waals surface area (Å²) < 4.78 is 0.968. The fraction of sp³-hybridized carbons (Fsp3) is 0.385. The highest BCUT2D eigenvalue weighted by Gasteiger charge is 2.17. The van der Waals surface area contributed by atoms with Crippen LogP contribution in [0.5, 0.6) is 0 Å². The molecule has 6 heteroatoms. The van der Waals surface area contributed by atoms with Gasteiger partial charge in [0.1, 0.15) is 6.54 Å². The smallest absolute Gasteiger partial charge is 0.323 e. The van der Waals surface area contributed by atoms with Crippen molar-refractivity contribution < 1.29 is 14.7 Å². The molecule has 1 aromatic rings. The number of nitrogens with one attached hydrogen (secondary N) is 1. The Morgan fingerprint density at radius 3 is 2.42 bits per heavy atom. The molecule has 0 heterocycles. The van der Waals surface area contributed by atoms with Gasteiger partial charge in [-0.25, -0.2) is 4.79 Å². The summed E-state index contributed by atoms with van der Waals surface area (Å²) >= 11 is 3.35. The number of urea groups is 1. The maximum atomic E-state index is 11.9. The Balaban J connectivity index is 2.64. The molecule has 0 aromatic heterocycles. The fourth-order valence-electron chi connectivity index (χ4n) is 1.60. The Bertz CT molecular complexity index is 448. The van der Waals surface area contributed by atoms with Gasteiger partial charge in [0, 0.05) is 11.0 Å². The van der Waals surface area contributed by atoms with Gasteiger partial charge < -0.3 is 15.3 Å². The summed E-state index contributed by atoms with van der Waals surface area (Å²) in [5.74, 6) is -1.02. The molecule has 0 spiro atoms. The van der Waals surface area contributed by atoms with Crippen molar-refractivity contribution in [3.63, 3.8) is 0 Å². The largest absolute Gasteiger partial charge is 0.480 e. The number of halogens is 1. The molecule has 1 rings (SSSR count). The zero-order valence-corrected chi connectivity index (χ0v) is 12.5. The van der Waals surface area contributed by atoms with Crippen LogP contribution in [-0.4, -0.2) is 35.1 Å². The normalized spacial score (nSPS) is 11.7. The summed E-state index contributed by atoms with van der Waals surface area (Å²) in [4.78, 5) is 23.8. The highest BCUT2D eigenvalue weighted by molar-refractivity contribution is 9.10. The molecule has 0 fully saturated rings. The first-order valence-electron chi connectivity index (χ1n) is 5.96. The topological polar surface area (TPSA) is 69.6 Å². The van der Waals surface area contributed by atoms with E-state index in [-0.39, 0.29) is 18.6 Å². The van der Waals surface area contributed by atoms with E-state index < -0.39 is 5.97 Å². The highest BCUT2D eigenvalue weighted by Crippen LogP contribution is 2.16. The molecule has 1 atom stereocenters. The molecule has 1 aromatic carbocycles. The number of aliphatic carboxylic acids is 1. The van der Waals surface area contributed by atoms with Gasteiger partial charge in [-0.15, -0.1) is 0 Å². The van der Waals surface area contributed by atoms with E-state index in [0.29, 0.717) is 6.54 Å². The molecule has 0 radical (unpaired) electrons. The molecule has 2 amide bonds. The summed E-state index contributed by atoms with van der Waals surface area (Å²) in [5.41, 5.74) is 0.961. The van der Waals surface area contributed by atoms with Crippen molar-refractivity contribution in [2.45, 2.75) is 19.9 Å². The number of hydrogen-bond donors (Lipinski definition) is 2. The van der Waals surface area contributed by atoms with Gasteiger partial charge in [0.2, 0.25) is 0 Å². The van der Waals surface area contributed by atoms with Crippen LogP contribution in [0.3, 0.4) is 0 Å². The van der Waals surface area contributed by atoms with Gasteiger partial charge in [-0.3, -0.25) is 4.79 Å². The lowest BCUT2D eigenvalue weighted by molar-refractivity contribution is -0.137. The van der Waals surface area contributed by atoms with Crippen molar-refractivity contribution in [1.29, 1.82) is 0 Å². The van der Waals surface area contributed by atoms with Crippen molar-refractivity contribution in [2.75, 3.05) is 13.1 Å². The summed E-state index contributed by atoms with van der Waals surface area (Å²) in [6, 6.07) is 7.05. The van der Waals surface area contributed by atoms with Crippen molar-refractivity contribution in [3.05, 3.63) is 34.3 Å². The van der Waals surface area contributed by atoms with E-state index in [9.17, 15) is 9.59 Å². The number of carboxylic acids is 1. The minimum absolute atomic E-state index is 0.177. The maximum absolute atomic E-state index is 11.9. The van der Waals surface area contributed by atoms with Gasteiger partial charge in [-0.05, 0) is 31.5 Å². The van der Waals surface area contributed by atoms with Gasteiger partial charge in [0.05, 0.1) is 6.04 Å². The first-order valence-corrected chi connectivity index (χ1v) is 6.76. The molecule has 104 valence electrons. The average molecular weight is 329 g/mol. The quantitative estimate of drug-likeness (QED) is 0.872. The summed E-state index contributed by atoms with van der Waals surface area (Å²) in [5, 5.41) is 11.5. The van der Waals surface area contributed by atoms with Gasteiger partial charge >= 0.3 is 12.0 Å². The van der Waals surface area contributed by atoms with Gasteiger partial charge in [0.25, 0.3) is 0 Å². The molecule has 0 saturated carbocycles. The van der Waals surface area contributed by atoms with Crippen LogP contribution in [0.2, 0.25) is 0 Å². The molecular formula is C13H17BrN2O3. The third kappa shape index (κ3) is 4.90. The molecule has 0 aliphatic heterocycles. The second-order valence-electron chi connectivity index (χ2n) is 4.13. The second kappa shape index (κ2) is 7.13. The Morgan fingerprint density at radius 1 is 1.37 bits per heavy atom. The Labute approximate surface area is 120 Å². The van der Waals surface area contributed by atoms with E-state index in [1.54, 1.807) is 6.92 Å². The predicted octanol–water partition coefficient (Wildman–Crippen LogP) is 2.63. The number of amides is 2. The van der Waals surface area contributed by atoms with Crippen LogP contribution in [0, 0.1) is 0 Å². The lowest BCUT2D eigenvalue weighted by Crippen LogP contribution is -2.43. The number of benzene rings is 1. The molecule has 1 unspecified atom stereocenters. The average Bonchev–Trinajstić information content (AvgIpc) is 2.36. The number of hydrogen-bond acceptors (Lipinski definition) is 2. The molecule has 0 aliphatic carbocycles. The van der Waals surface area contributed by atoms with Gasteiger partial charge in [-0.1, -0.05) is 28.1 Å². The Hall–Kier alpha value is -1.56. The second-order valence-corrected chi connectivity index (χ2v) is 5.05. The molecule has 0 aliphatic rings. The van der Waals surface area contributed by atoms with Crippen LogP contribution in [0.1, 0.15) is 25.5 Å². The first-order chi connectivity index (χ1) is 8.93. The predicted molar refractivity (Wildman–Crippen MR) is 76.0 cm³/mol. The van der Waals surface area contributed by atoms with Crippen molar-refractivity contribution in [2.24, 2.45) is 0 Å². The van der Waals surface area contributed by atoms with Crippen molar-refractivity contribution >= 4 is 27.9 Å². The summed E-state index contributed by atoms with van der Waals surface area (Å²) in [7, 11) is 0. The molecule has 0 saturated heterocycles. The lowest BCUT2D eigenvalue weighted by atomic mass is 10.1. The SMILES string of the molecule is CCN(CC(=O)O)C(=O)NC(C)c1ccc(Br)cc1. The number of likely N-dealkylation sites (N-methyl/N-ethyl adjacent to an activating group) is 1. The summed E-state index contributed by atoms with van der Waals surface area (Å²) in [6.07, 6.45) is 0. The zero-order chi connectivity index (χ0) is 14.4. The number of carboxylic acid groups (broad SMARTS) is 1. The van der Waals surface area contributed by atoms with Crippen LogP contribution >= 0.6 is 15.9 Å². The van der Waals surface area contributed by atoms with Crippen LogP contribution in [0.4, 0.5) is 4.79 Å². The molecule has 0 bridgehead atoms. The lowest BCUT2D eigenvalue weighted by Gasteiger charge is -2.22. The zero-order valence-electron chi connectivity index (χ0n) is 10.9. The third-order valence-electron chi connectivity index (χ3n) is 2.71. The highest BCUT2D eigenvalue weighted by atomic mass is 79.9. The number of carbonyl (C=O) groups is 2. The molecular weight excluding hydrogens is 312 g/mol. The fourth-order valence-corrected chi connectivity index (χ4v) is 1.87.